The summed E-state index contributed by atoms with van der Waals surface area (Å²) in [5, 5.41) is 7.03. The summed E-state index contributed by atoms with van der Waals surface area (Å²) in [5.41, 5.74) is 0. The van der Waals surface area contributed by atoms with Crippen LogP contribution in [0.5, 0.6) is 0 Å². The van der Waals surface area contributed by atoms with Gasteiger partial charge in [0.1, 0.15) is 0 Å². The van der Waals surface area contributed by atoms with Crippen LogP contribution in [0.4, 0.5) is 0 Å². The van der Waals surface area contributed by atoms with Crippen LogP contribution in [0, 0.1) is 0 Å². The molecule has 1 aliphatic rings. The molecule has 0 radical (unpaired) electrons. The molecule has 1 N–H and O–H groups in total. The molecule has 0 spiro atoms. The number of aromatic nitrogens is 2. The molecular formula is C15H25N5O2. The van der Waals surface area contributed by atoms with Gasteiger partial charge in [0.25, 0.3) is 0 Å². The van der Waals surface area contributed by atoms with E-state index in [1.807, 2.05) is 21.8 Å². The highest BCUT2D eigenvalue weighted by Gasteiger charge is 2.32. The van der Waals surface area contributed by atoms with Crippen LogP contribution < -0.4 is 5.32 Å². The van der Waals surface area contributed by atoms with E-state index in [-0.39, 0.29) is 17.9 Å². The lowest BCUT2D eigenvalue weighted by atomic mass is 10.2. The third-order valence-corrected chi connectivity index (χ3v) is 3.88. The summed E-state index contributed by atoms with van der Waals surface area (Å²) in [6.45, 7) is 2.52. The summed E-state index contributed by atoms with van der Waals surface area (Å²) in [7, 11) is 3.52. The average molecular weight is 307 g/mol. The second-order valence-electron chi connectivity index (χ2n) is 5.83. The summed E-state index contributed by atoms with van der Waals surface area (Å²) in [6.07, 6.45) is 6.30. The minimum atomic E-state index is -0.148. The van der Waals surface area contributed by atoms with Crippen LogP contribution in [0.3, 0.4) is 0 Å². The van der Waals surface area contributed by atoms with Crippen molar-refractivity contribution in [2.24, 2.45) is 0 Å². The Hall–Kier alpha value is -1.89. The minimum absolute atomic E-state index is 0.0149. The number of nitrogens with one attached hydrogen (secondary N) is 1. The van der Waals surface area contributed by atoms with Crippen LogP contribution in [0.1, 0.15) is 19.3 Å². The van der Waals surface area contributed by atoms with E-state index in [1.165, 1.54) is 0 Å². The van der Waals surface area contributed by atoms with Gasteiger partial charge in [0.2, 0.25) is 11.8 Å². The van der Waals surface area contributed by atoms with Crippen molar-refractivity contribution >= 4 is 11.8 Å². The van der Waals surface area contributed by atoms with Crippen molar-refractivity contribution in [1.29, 1.82) is 0 Å². The lowest BCUT2D eigenvalue weighted by molar-refractivity contribution is -0.134. The highest BCUT2D eigenvalue weighted by atomic mass is 16.2. The number of carbonyl (C=O) groups is 2. The predicted molar refractivity (Wildman–Crippen MR) is 83.1 cm³/mol. The van der Waals surface area contributed by atoms with Gasteiger partial charge in [-0.1, -0.05) is 0 Å². The van der Waals surface area contributed by atoms with E-state index < -0.39 is 0 Å². The van der Waals surface area contributed by atoms with E-state index in [0.29, 0.717) is 13.1 Å². The van der Waals surface area contributed by atoms with E-state index in [4.69, 9.17) is 0 Å². The number of amides is 2. The van der Waals surface area contributed by atoms with Crippen molar-refractivity contribution in [3.05, 3.63) is 18.5 Å². The zero-order valence-corrected chi connectivity index (χ0v) is 13.4. The summed E-state index contributed by atoms with van der Waals surface area (Å²) in [6, 6.07) is 1.73. The predicted octanol–water partition coefficient (Wildman–Crippen LogP) is -0.0580. The lowest BCUT2D eigenvalue weighted by Crippen LogP contribution is -2.46. The first-order valence-corrected chi connectivity index (χ1v) is 7.77. The van der Waals surface area contributed by atoms with E-state index in [9.17, 15) is 9.59 Å². The maximum absolute atomic E-state index is 12.1. The Kier molecular flexibility index (Phi) is 5.94. The van der Waals surface area contributed by atoms with E-state index in [2.05, 4.69) is 10.4 Å². The van der Waals surface area contributed by atoms with Crippen LogP contribution in [0.2, 0.25) is 0 Å². The SMILES string of the molecule is CN(C)C(=O)C1CCCN1CC(=O)NCCCn1cccn1. The maximum Gasteiger partial charge on any atom is 0.239 e. The van der Waals surface area contributed by atoms with E-state index in [0.717, 1.165) is 32.4 Å². The Labute approximate surface area is 131 Å². The molecule has 2 amide bonds. The van der Waals surface area contributed by atoms with Crippen LogP contribution >= 0.6 is 0 Å². The number of likely N-dealkylation sites (tertiary alicyclic amines) is 1. The fourth-order valence-electron chi connectivity index (χ4n) is 2.74. The third kappa shape index (κ3) is 4.56. The molecule has 1 fully saturated rings. The Morgan fingerprint density at radius 3 is 2.91 bits per heavy atom. The molecule has 1 unspecified atom stereocenters. The minimum Gasteiger partial charge on any atom is -0.355 e. The van der Waals surface area contributed by atoms with E-state index >= 15 is 0 Å². The summed E-state index contributed by atoms with van der Waals surface area (Å²) < 4.78 is 1.85. The molecule has 1 atom stereocenters. The number of hydrogen-bond donors (Lipinski definition) is 1. The third-order valence-electron chi connectivity index (χ3n) is 3.88. The van der Waals surface area contributed by atoms with Gasteiger partial charge in [-0.2, -0.15) is 5.10 Å². The van der Waals surface area contributed by atoms with Crippen molar-refractivity contribution in [3.8, 4) is 0 Å². The van der Waals surface area contributed by atoms with Gasteiger partial charge >= 0.3 is 0 Å². The summed E-state index contributed by atoms with van der Waals surface area (Å²) >= 11 is 0. The number of nitrogens with zero attached hydrogens (tertiary/aromatic N) is 4. The van der Waals surface area contributed by atoms with Crippen LogP contribution in [-0.2, 0) is 16.1 Å². The van der Waals surface area contributed by atoms with Crippen molar-refractivity contribution in [3.63, 3.8) is 0 Å². The van der Waals surface area contributed by atoms with Gasteiger partial charge in [0.15, 0.2) is 0 Å². The molecule has 1 saturated heterocycles. The molecule has 0 bridgehead atoms. The van der Waals surface area contributed by atoms with Crippen molar-refractivity contribution in [2.75, 3.05) is 33.7 Å². The Morgan fingerprint density at radius 2 is 2.23 bits per heavy atom. The number of aryl methyl sites for hydroxylation is 1. The average Bonchev–Trinajstić information content (AvgIpc) is 3.14. The molecule has 22 heavy (non-hydrogen) atoms. The molecule has 7 nitrogen and oxygen atoms in total. The first kappa shape index (κ1) is 16.5. The first-order chi connectivity index (χ1) is 10.6. The van der Waals surface area contributed by atoms with Gasteiger partial charge in [-0.05, 0) is 31.9 Å². The molecule has 1 aromatic rings. The van der Waals surface area contributed by atoms with E-state index in [1.54, 1.807) is 25.2 Å². The maximum atomic E-state index is 12.1. The normalized spacial score (nSPS) is 18.4. The number of likely N-dealkylation sites (N-methyl/N-ethyl adjacent to an activating group) is 1. The smallest absolute Gasteiger partial charge is 0.239 e. The standard InChI is InChI=1S/C15H25N5O2/c1-18(2)15(22)13-6-3-9-19(13)12-14(21)16-7-4-10-20-11-5-8-17-20/h5,8,11,13H,3-4,6-7,9-10,12H2,1-2H3,(H,16,21). The molecule has 1 aliphatic heterocycles. The zero-order valence-electron chi connectivity index (χ0n) is 13.4. The van der Waals surface area contributed by atoms with Crippen LogP contribution in [-0.4, -0.2) is 71.2 Å². The molecule has 0 saturated carbocycles. The fourth-order valence-corrected chi connectivity index (χ4v) is 2.74. The molecular weight excluding hydrogens is 282 g/mol. The molecule has 7 heteroatoms. The van der Waals surface area contributed by atoms with Gasteiger partial charge < -0.3 is 10.2 Å². The quantitative estimate of drug-likeness (QED) is 0.717. The second kappa shape index (κ2) is 7.93. The number of carbonyl (C=O) groups excluding carboxylic acids is 2. The van der Waals surface area contributed by atoms with Crippen molar-refractivity contribution in [1.82, 2.24) is 24.9 Å². The Balaban J connectivity index is 1.68. The molecule has 2 rings (SSSR count). The highest BCUT2D eigenvalue weighted by molar-refractivity contribution is 5.83. The number of hydrogen-bond acceptors (Lipinski definition) is 4. The summed E-state index contributed by atoms with van der Waals surface area (Å²) in [4.78, 5) is 27.6. The first-order valence-electron chi connectivity index (χ1n) is 7.77. The number of rotatable bonds is 7. The monoisotopic (exact) mass is 307 g/mol. The van der Waals surface area contributed by atoms with Crippen molar-refractivity contribution < 1.29 is 9.59 Å². The van der Waals surface area contributed by atoms with Crippen LogP contribution in [0.15, 0.2) is 18.5 Å². The molecule has 1 aromatic heterocycles. The fraction of sp³-hybridized carbons (Fsp3) is 0.667. The van der Waals surface area contributed by atoms with Gasteiger partial charge in [-0.3, -0.25) is 19.2 Å². The molecule has 122 valence electrons. The molecule has 2 heterocycles. The van der Waals surface area contributed by atoms with Gasteiger partial charge in [0, 0.05) is 39.6 Å². The van der Waals surface area contributed by atoms with Gasteiger partial charge in [-0.25, -0.2) is 0 Å². The summed E-state index contributed by atoms with van der Waals surface area (Å²) in [5.74, 6) is 0.0721. The second-order valence-corrected chi connectivity index (χ2v) is 5.83. The topological polar surface area (TPSA) is 70.5 Å². The lowest BCUT2D eigenvalue weighted by Gasteiger charge is -2.25. The Morgan fingerprint density at radius 1 is 1.41 bits per heavy atom. The molecule has 0 aliphatic carbocycles. The van der Waals surface area contributed by atoms with Crippen LogP contribution in [0.25, 0.3) is 0 Å². The highest BCUT2D eigenvalue weighted by Crippen LogP contribution is 2.18. The van der Waals surface area contributed by atoms with Gasteiger partial charge in [-0.15, -0.1) is 0 Å². The zero-order chi connectivity index (χ0) is 15.9. The molecule has 0 aromatic carbocycles. The largest absolute Gasteiger partial charge is 0.355 e. The Bertz CT molecular complexity index is 486. The van der Waals surface area contributed by atoms with Gasteiger partial charge in [0.05, 0.1) is 12.6 Å². The van der Waals surface area contributed by atoms with Crippen molar-refractivity contribution in [2.45, 2.75) is 31.8 Å².